The molecule has 0 saturated heterocycles. The first-order valence-electron chi connectivity index (χ1n) is 9.52. The van der Waals surface area contributed by atoms with Crippen LogP contribution >= 0.6 is 0 Å². The fourth-order valence-corrected chi connectivity index (χ4v) is 3.68. The van der Waals surface area contributed by atoms with Crippen LogP contribution in [0.2, 0.25) is 0 Å². The molecule has 32 heavy (non-hydrogen) atoms. The monoisotopic (exact) mass is 447 g/mol. The third-order valence-corrected chi connectivity index (χ3v) is 5.10. The lowest BCUT2D eigenvalue weighted by atomic mass is 10.1. The average molecular weight is 447 g/mol. The Hall–Kier alpha value is -3.76. The molecule has 4 rings (SSSR count). The number of aryl methyl sites for hydroxylation is 2. The van der Waals surface area contributed by atoms with Crippen LogP contribution in [0.15, 0.2) is 30.7 Å². The first-order chi connectivity index (χ1) is 15.1. The molecule has 0 spiro atoms. The summed E-state index contributed by atoms with van der Waals surface area (Å²) in [5.74, 6) is 0.775. The van der Waals surface area contributed by atoms with E-state index in [-0.39, 0.29) is 5.88 Å². The van der Waals surface area contributed by atoms with Crippen molar-refractivity contribution in [3.63, 3.8) is 0 Å². The Labute approximate surface area is 180 Å². The first-order valence-corrected chi connectivity index (χ1v) is 9.52. The molecule has 1 N–H and O–H groups in total. The minimum Gasteiger partial charge on any atom is -0.496 e. The predicted molar refractivity (Wildman–Crippen MR) is 110 cm³/mol. The van der Waals surface area contributed by atoms with Gasteiger partial charge in [-0.1, -0.05) is 0 Å². The zero-order valence-electron chi connectivity index (χ0n) is 17.7. The van der Waals surface area contributed by atoms with Crippen LogP contribution in [0.4, 0.5) is 13.2 Å². The number of hydrogen-bond acceptors (Lipinski definition) is 6. The van der Waals surface area contributed by atoms with Crippen LogP contribution in [0.25, 0.3) is 27.8 Å². The van der Waals surface area contributed by atoms with Gasteiger partial charge in [-0.25, -0.2) is 9.97 Å². The van der Waals surface area contributed by atoms with Gasteiger partial charge in [-0.05, 0) is 25.5 Å². The van der Waals surface area contributed by atoms with Crippen molar-refractivity contribution in [3.8, 4) is 34.5 Å². The van der Waals surface area contributed by atoms with E-state index in [1.165, 1.54) is 31.2 Å². The molecule has 0 unspecified atom stereocenters. The summed E-state index contributed by atoms with van der Waals surface area (Å²) in [6.07, 6.45) is -0.325. The van der Waals surface area contributed by atoms with Crippen LogP contribution in [0, 0.1) is 13.8 Å². The van der Waals surface area contributed by atoms with Gasteiger partial charge in [0.2, 0.25) is 11.8 Å². The summed E-state index contributed by atoms with van der Waals surface area (Å²) in [4.78, 5) is 8.91. The van der Waals surface area contributed by atoms with Gasteiger partial charge in [0.05, 0.1) is 48.3 Å². The molecular weight excluding hydrogens is 427 g/mol. The van der Waals surface area contributed by atoms with Crippen LogP contribution in [-0.2, 0) is 6.54 Å². The normalized spacial score (nSPS) is 11.8. The number of alkyl halides is 3. The molecule has 0 aliphatic heterocycles. The van der Waals surface area contributed by atoms with Crippen molar-refractivity contribution in [2.24, 2.45) is 0 Å². The van der Waals surface area contributed by atoms with Gasteiger partial charge in [0.25, 0.3) is 0 Å². The van der Waals surface area contributed by atoms with E-state index < -0.39 is 12.7 Å². The van der Waals surface area contributed by atoms with E-state index in [4.69, 9.17) is 14.5 Å². The number of hydrogen-bond donors (Lipinski definition) is 1. The van der Waals surface area contributed by atoms with E-state index >= 15 is 0 Å². The third-order valence-electron chi connectivity index (χ3n) is 5.10. The number of rotatable bonds is 5. The van der Waals surface area contributed by atoms with Crippen molar-refractivity contribution in [1.29, 1.82) is 0 Å². The van der Waals surface area contributed by atoms with Crippen molar-refractivity contribution in [3.05, 3.63) is 42.0 Å². The minimum atomic E-state index is -4.40. The Bertz CT molecular complexity index is 1310. The van der Waals surface area contributed by atoms with Crippen LogP contribution < -0.4 is 9.47 Å². The van der Waals surface area contributed by atoms with E-state index in [0.29, 0.717) is 45.2 Å². The molecule has 0 aliphatic carbocycles. The average Bonchev–Trinajstić information content (AvgIpc) is 3.28. The molecule has 0 amide bonds. The zero-order valence-corrected chi connectivity index (χ0v) is 17.7. The highest BCUT2D eigenvalue weighted by molar-refractivity contribution is 5.93. The molecule has 4 heterocycles. The molecule has 0 aromatic carbocycles. The van der Waals surface area contributed by atoms with Crippen molar-refractivity contribution < 1.29 is 27.8 Å². The van der Waals surface area contributed by atoms with Gasteiger partial charge in [-0.15, -0.1) is 0 Å². The summed E-state index contributed by atoms with van der Waals surface area (Å²) in [5, 5.41) is 15.1. The maximum atomic E-state index is 12.7. The predicted octanol–water partition coefficient (Wildman–Crippen LogP) is 4.19. The van der Waals surface area contributed by atoms with Gasteiger partial charge in [0.1, 0.15) is 12.3 Å². The molecular formula is C21H20F3N5O3. The Kier molecular flexibility index (Phi) is 5.19. The molecule has 0 bridgehead atoms. The van der Waals surface area contributed by atoms with Crippen LogP contribution in [0.3, 0.4) is 0 Å². The van der Waals surface area contributed by atoms with Crippen molar-refractivity contribution >= 4 is 10.9 Å². The van der Waals surface area contributed by atoms with Gasteiger partial charge in [0, 0.05) is 24.2 Å². The third kappa shape index (κ3) is 3.70. The second-order valence-corrected chi connectivity index (χ2v) is 7.23. The maximum Gasteiger partial charge on any atom is 0.408 e. The van der Waals surface area contributed by atoms with E-state index in [9.17, 15) is 18.3 Å². The van der Waals surface area contributed by atoms with Crippen molar-refractivity contribution in [1.82, 2.24) is 24.3 Å². The summed E-state index contributed by atoms with van der Waals surface area (Å²) in [7, 11) is 3.03. The molecule has 11 heteroatoms. The highest BCUT2D eigenvalue weighted by Crippen LogP contribution is 2.39. The molecule has 4 aromatic rings. The lowest BCUT2D eigenvalue weighted by molar-refractivity contribution is -0.142. The van der Waals surface area contributed by atoms with Crippen LogP contribution in [0.1, 0.15) is 11.3 Å². The van der Waals surface area contributed by atoms with Crippen molar-refractivity contribution in [2.45, 2.75) is 26.6 Å². The van der Waals surface area contributed by atoms with Gasteiger partial charge in [-0.2, -0.15) is 18.3 Å². The summed E-state index contributed by atoms with van der Waals surface area (Å²) >= 11 is 0. The SMILES string of the molecule is COc1cc(OC)c(-c2cc(C)c3c(O)n(-c4cnn(CC(F)(F)F)c4)c(C)c3n2)cn1. The summed E-state index contributed by atoms with van der Waals surface area (Å²) in [6, 6.07) is 3.42. The molecule has 4 aromatic heterocycles. The Balaban J connectivity index is 1.86. The largest absolute Gasteiger partial charge is 0.496 e. The number of nitrogens with zero attached hydrogens (tertiary/aromatic N) is 5. The fourth-order valence-electron chi connectivity index (χ4n) is 3.68. The molecule has 0 fully saturated rings. The minimum absolute atomic E-state index is 0.125. The fraction of sp³-hybridized carbons (Fsp3) is 0.286. The van der Waals surface area contributed by atoms with Crippen molar-refractivity contribution in [2.75, 3.05) is 14.2 Å². The zero-order chi connectivity index (χ0) is 23.2. The molecule has 0 atom stereocenters. The quantitative estimate of drug-likeness (QED) is 0.494. The molecule has 168 valence electrons. The summed E-state index contributed by atoms with van der Waals surface area (Å²) < 4.78 is 50.9. The van der Waals surface area contributed by atoms with E-state index in [2.05, 4.69) is 10.1 Å². The molecule has 8 nitrogen and oxygen atoms in total. The number of ether oxygens (including phenoxy) is 2. The van der Waals surface area contributed by atoms with Gasteiger partial charge in [0.15, 0.2) is 0 Å². The van der Waals surface area contributed by atoms with Crippen LogP contribution in [-0.4, -0.2) is 49.8 Å². The Morgan fingerprint density at radius 1 is 1.09 bits per heavy atom. The lowest BCUT2D eigenvalue weighted by Gasteiger charge is -2.10. The molecule has 0 saturated carbocycles. The topological polar surface area (TPSA) is 87.2 Å². The summed E-state index contributed by atoms with van der Waals surface area (Å²) in [6.45, 7) is 2.32. The molecule has 0 radical (unpaired) electrons. The summed E-state index contributed by atoms with van der Waals surface area (Å²) in [5.41, 5.74) is 3.27. The highest BCUT2D eigenvalue weighted by Gasteiger charge is 2.29. The smallest absolute Gasteiger partial charge is 0.408 e. The number of pyridine rings is 2. The Morgan fingerprint density at radius 3 is 2.50 bits per heavy atom. The number of aromatic nitrogens is 5. The van der Waals surface area contributed by atoms with Gasteiger partial charge in [-0.3, -0.25) is 9.25 Å². The lowest BCUT2D eigenvalue weighted by Crippen LogP contribution is -2.17. The number of fused-ring (bicyclic) bond motifs is 1. The number of aromatic hydroxyl groups is 1. The van der Waals surface area contributed by atoms with E-state index in [1.807, 2.05) is 6.92 Å². The van der Waals surface area contributed by atoms with E-state index in [0.717, 1.165) is 10.2 Å². The van der Waals surface area contributed by atoms with Gasteiger partial charge >= 0.3 is 6.18 Å². The van der Waals surface area contributed by atoms with Crippen LogP contribution in [0.5, 0.6) is 17.5 Å². The second-order valence-electron chi connectivity index (χ2n) is 7.23. The second kappa shape index (κ2) is 7.74. The maximum absolute atomic E-state index is 12.7. The Morgan fingerprint density at radius 2 is 1.84 bits per heavy atom. The first kappa shape index (κ1) is 21.5. The van der Waals surface area contributed by atoms with E-state index in [1.54, 1.807) is 25.3 Å². The standard InChI is InChI=1S/C21H20F3N5O3/c1-11-5-15(14-8-25-17(32-4)6-16(14)31-3)27-19-12(2)29(20(30)18(11)19)13-7-26-28(9-13)10-21(22,23)24/h5-9,30H,10H2,1-4H3. The molecule has 0 aliphatic rings. The number of halogens is 3. The number of methoxy groups -OCH3 is 2. The highest BCUT2D eigenvalue weighted by atomic mass is 19.4. The van der Waals surface area contributed by atoms with Gasteiger partial charge < -0.3 is 14.6 Å².